The predicted molar refractivity (Wildman–Crippen MR) is 43.8 cm³/mol. The van der Waals surface area contributed by atoms with Crippen molar-refractivity contribution in [2.24, 2.45) is 0 Å². The lowest BCUT2D eigenvalue weighted by atomic mass is 10.6. The Morgan fingerprint density at radius 2 is 1.85 bits per heavy atom. The van der Waals surface area contributed by atoms with E-state index in [0.717, 1.165) is 0 Å². The van der Waals surface area contributed by atoms with Crippen LogP contribution in [0.1, 0.15) is 20.8 Å². The van der Waals surface area contributed by atoms with E-state index in [1.54, 1.807) is 13.8 Å². The Kier molecular flexibility index (Phi) is 5.88. The molecule has 0 aromatic heterocycles. The van der Waals surface area contributed by atoms with Gasteiger partial charge in [-0.15, -0.1) is 0 Å². The molecule has 0 aromatic carbocycles. The van der Waals surface area contributed by atoms with Crippen LogP contribution in [0.2, 0.25) is 0 Å². The maximum atomic E-state index is 11.0. The molecule has 5 heteroatoms. The fraction of sp³-hybridized carbons (Fsp3) is 0.750. The van der Waals surface area contributed by atoms with E-state index >= 15 is 0 Å². The van der Waals surface area contributed by atoms with E-state index in [-0.39, 0.29) is 13.2 Å². The summed E-state index contributed by atoms with van der Waals surface area (Å²) in [6, 6.07) is 0. The molecular formula is C8H14O5. The van der Waals surface area contributed by atoms with Gasteiger partial charge in [0, 0.05) is 13.5 Å². The molecule has 0 aliphatic carbocycles. The highest BCUT2D eigenvalue weighted by Crippen LogP contribution is 1.98. The topological polar surface area (TPSA) is 61.8 Å². The van der Waals surface area contributed by atoms with Crippen LogP contribution in [0, 0.1) is 0 Å². The summed E-state index contributed by atoms with van der Waals surface area (Å²) in [6.45, 7) is 5.05. The fourth-order valence-corrected chi connectivity index (χ4v) is 0.663. The van der Waals surface area contributed by atoms with E-state index in [1.165, 1.54) is 6.92 Å². The number of ether oxygens (including phenoxy) is 3. The first-order valence-corrected chi connectivity index (χ1v) is 4.07. The fourth-order valence-electron chi connectivity index (χ4n) is 0.663. The van der Waals surface area contributed by atoms with E-state index in [4.69, 9.17) is 4.74 Å². The summed E-state index contributed by atoms with van der Waals surface area (Å²) in [7, 11) is 0. The van der Waals surface area contributed by atoms with Gasteiger partial charge in [-0.3, -0.25) is 4.79 Å². The molecule has 76 valence electrons. The zero-order valence-corrected chi connectivity index (χ0v) is 8.03. The lowest BCUT2D eigenvalue weighted by Crippen LogP contribution is -2.31. The van der Waals surface area contributed by atoms with Gasteiger partial charge in [0.1, 0.15) is 0 Å². The van der Waals surface area contributed by atoms with E-state index in [0.29, 0.717) is 0 Å². The largest absolute Gasteiger partial charge is 0.461 e. The van der Waals surface area contributed by atoms with Gasteiger partial charge in [0.05, 0.1) is 6.61 Å². The minimum atomic E-state index is -1.23. The molecule has 0 aromatic rings. The summed E-state index contributed by atoms with van der Waals surface area (Å²) in [4.78, 5) is 21.6. The van der Waals surface area contributed by atoms with Crippen molar-refractivity contribution in [2.45, 2.75) is 27.1 Å². The van der Waals surface area contributed by atoms with Crippen molar-refractivity contribution >= 4 is 11.9 Å². The summed E-state index contributed by atoms with van der Waals surface area (Å²) in [6.07, 6.45) is -1.23. The first kappa shape index (κ1) is 11.9. The highest BCUT2D eigenvalue weighted by Gasteiger charge is 2.22. The molecule has 0 bridgehead atoms. The quantitative estimate of drug-likeness (QED) is 0.466. The molecule has 0 aliphatic heterocycles. The van der Waals surface area contributed by atoms with Crippen LogP contribution in [0.3, 0.4) is 0 Å². The van der Waals surface area contributed by atoms with Crippen LogP contribution in [-0.2, 0) is 23.8 Å². The van der Waals surface area contributed by atoms with Crippen LogP contribution in [0.5, 0.6) is 0 Å². The molecule has 5 nitrogen and oxygen atoms in total. The van der Waals surface area contributed by atoms with E-state index in [9.17, 15) is 9.59 Å². The third-order valence-electron chi connectivity index (χ3n) is 1.07. The predicted octanol–water partition coefficient (Wildman–Crippen LogP) is 0.475. The Bertz CT molecular complexity index is 177. The van der Waals surface area contributed by atoms with Crippen molar-refractivity contribution in [3.8, 4) is 0 Å². The number of carbonyl (C=O) groups excluding carboxylic acids is 2. The highest BCUT2D eigenvalue weighted by molar-refractivity contribution is 5.77. The lowest BCUT2D eigenvalue weighted by Gasteiger charge is -2.14. The summed E-state index contributed by atoms with van der Waals surface area (Å²) < 4.78 is 14.0. The first-order valence-electron chi connectivity index (χ1n) is 4.07. The van der Waals surface area contributed by atoms with Crippen molar-refractivity contribution in [3.63, 3.8) is 0 Å². The summed E-state index contributed by atoms with van der Waals surface area (Å²) in [5.74, 6) is -1.26. The molecule has 0 saturated carbocycles. The van der Waals surface area contributed by atoms with Gasteiger partial charge in [0.15, 0.2) is 0 Å². The molecule has 0 N–H and O–H groups in total. The average molecular weight is 190 g/mol. The third kappa shape index (κ3) is 5.19. The van der Waals surface area contributed by atoms with Crippen molar-refractivity contribution in [3.05, 3.63) is 0 Å². The molecule has 0 spiro atoms. The Labute approximate surface area is 77.0 Å². The highest BCUT2D eigenvalue weighted by atomic mass is 16.7. The number of carbonyl (C=O) groups is 2. The lowest BCUT2D eigenvalue weighted by molar-refractivity contribution is -0.198. The zero-order valence-electron chi connectivity index (χ0n) is 8.03. The third-order valence-corrected chi connectivity index (χ3v) is 1.07. The van der Waals surface area contributed by atoms with E-state index < -0.39 is 18.2 Å². The van der Waals surface area contributed by atoms with Crippen LogP contribution in [0.15, 0.2) is 0 Å². The van der Waals surface area contributed by atoms with Crippen molar-refractivity contribution in [1.82, 2.24) is 0 Å². The van der Waals surface area contributed by atoms with Gasteiger partial charge in [-0.25, -0.2) is 4.79 Å². The van der Waals surface area contributed by atoms with Gasteiger partial charge in [-0.1, -0.05) is 0 Å². The minimum Gasteiger partial charge on any atom is -0.461 e. The monoisotopic (exact) mass is 190 g/mol. The second-order valence-corrected chi connectivity index (χ2v) is 2.15. The molecule has 0 fully saturated rings. The molecule has 1 unspecified atom stereocenters. The summed E-state index contributed by atoms with van der Waals surface area (Å²) >= 11 is 0. The van der Waals surface area contributed by atoms with E-state index in [1.807, 2.05) is 0 Å². The molecule has 0 saturated heterocycles. The molecule has 0 amide bonds. The Morgan fingerprint density at radius 1 is 1.23 bits per heavy atom. The summed E-state index contributed by atoms with van der Waals surface area (Å²) in [5.41, 5.74) is 0. The maximum absolute atomic E-state index is 11.0. The van der Waals surface area contributed by atoms with Crippen LogP contribution >= 0.6 is 0 Å². The van der Waals surface area contributed by atoms with Crippen LogP contribution in [-0.4, -0.2) is 31.4 Å². The summed E-state index contributed by atoms with van der Waals surface area (Å²) in [5, 5.41) is 0. The number of esters is 2. The molecule has 0 heterocycles. The van der Waals surface area contributed by atoms with Crippen LogP contribution in [0.25, 0.3) is 0 Å². The van der Waals surface area contributed by atoms with Crippen molar-refractivity contribution in [1.29, 1.82) is 0 Å². The number of hydrogen-bond donors (Lipinski definition) is 0. The number of hydrogen-bond acceptors (Lipinski definition) is 5. The molecular weight excluding hydrogens is 176 g/mol. The van der Waals surface area contributed by atoms with Gasteiger partial charge >= 0.3 is 18.2 Å². The second-order valence-electron chi connectivity index (χ2n) is 2.15. The maximum Gasteiger partial charge on any atom is 0.376 e. The van der Waals surface area contributed by atoms with Gasteiger partial charge in [0.2, 0.25) is 0 Å². The Balaban J connectivity index is 4.06. The Hall–Kier alpha value is -1.10. The standard InChI is InChI=1S/C8H14O5/c1-4-11-7(10)8(12-5-2)13-6(3)9/h8H,4-5H2,1-3H3. The number of rotatable bonds is 5. The molecule has 0 aliphatic rings. The molecule has 13 heavy (non-hydrogen) atoms. The molecule has 1 atom stereocenters. The SMILES string of the molecule is CCOC(=O)C(OCC)OC(C)=O. The van der Waals surface area contributed by atoms with Crippen LogP contribution in [0.4, 0.5) is 0 Å². The van der Waals surface area contributed by atoms with Gasteiger partial charge in [-0.05, 0) is 13.8 Å². The smallest absolute Gasteiger partial charge is 0.376 e. The van der Waals surface area contributed by atoms with Gasteiger partial charge < -0.3 is 14.2 Å². The molecule has 0 rings (SSSR count). The average Bonchev–Trinajstić information content (AvgIpc) is 2.03. The van der Waals surface area contributed by atoms with Crippen molar-refractivity contribution < 1.29 is 23.8 Å². The Morgan fingerprint density at radius 3 is 2.23 bits per heavy atom. The normalized spacial score (nSPS) is 11.9. The van der Waals surface area contributed by atoms with Crippen LogP contribution < -0.4 is 0 Å². The first-order chi connectivity index (χ1) is 6.11. The van der Waals surface area contributed by atoms with Gasteiger partial charge in [-0.2, -0.15) is 0 Å². The molecule has 0 radical (unpaired) electrons. The van der Waals surface area contributed by atoms with E-state index in [2.05, 4.69) is 9.47 Å². The van der Waals surface area contributed by atoms with Gasteiger partial charge in [0.25, 0.3) is 0 Å². The minimum absolute atomic E-state index is 0.226. The zero-order chi connectivity index (χ0) is 10.3. The second kappa shape index (κ2) is 6.42. The van der Waals surface area contributed by atoms with Crippen molar-refractivity contribution in [2.75, 3.05) is 13.2 Å².